The lowest BCUT2D eigenvalue weighted by atomic mass is 9.94. The van der Waals surface area contributed by atoms with Gasteiger partial charge in [-0.1, -0.05) is 79.6 Å². The summed E-state index contributed by atoms with van der Waals surface area (Å²) in [6.07, 6.45) is 3.02. The molecule has 0 aliphatic heterocycles. The van der Waals surface area contributed by atoms with Crippen molar-refractivity contribution >= 4 is 28.4 Å². The Morgan fingerprint density at radius 3 is 2.20 bits per heavy atom. The van der Waals surface area contributed by atoms with Gasteiger partial charge in [0.05, 0.1) is 16.8 Å². The molecule has 2 amide bonds. The SMILES string of the molecule is Cc1cccc(C)c1NC(=O)C1(NC(=O)c2cc(-c3ccccc3)nc3ccccc23)CCCC1. The van der Waals surface area contributed by atoms with Crippen molar-refractivity contribution in [3.63, 3.8) is 0 Å². The minimum atomic E-state index is -0.941. The van der Waals surface area contributed by atoms with Crippen molar-refractivity contribution in [3.8, 4) is 11.3 Å². The molecule has 0 unspecified atom stereocenters. The molecule has 0 spiro atoms. The first-order valence-corrected chi connectivity index (χ1v) is 12.1. The van der Waals surface area contributed by atoms with E-state index < -0.39 is 5.54 Å². The van der Waals surface area contributed by atoms with E-state index in [2.05, 4.69) is 10.6 Å². The molecule has 0 bridgehead atoms. The fourth-order valence-electron chi connectivity index (χ4n) is 5.04. The summed E-state index contributed by atoms with van der Waals surface area (Å²) in [6, 6.07) is 25.3. The molecule has 1 aliphatic rings. The van der Waals surface area contributed by atoms with Crippen molar-refractivity contribution in [2.75, 3.05) is 5.32 Å². The molecule has 35 heavy (non-hydrogen) atoms. The molecule has 5 rings (SSSR count). The lowest BCUT2D eigenvalue weighted by molar-refractivity contribution is -0.122. The number of hydrogen-bond acceptors (Lipinski definition) is 3. The number of amides is 2. The number of hydrogen-bond donors (Lipinski definition) is 2. The number of benzene rings is 3. The van der Waals surface area contributed by atoms with E-state index in [4.69, 9.17) is 4.98 Å². The van der Waals surface area contributed by atoms with Crippen LogP contribution in [0.4, 0.5) is 5.69 Å². The molecule has 0 saturated heterocycles. The average molecular weight is 464 g/mol. The van der Waals surface area contributed by atoms with Gasteiger partial charge in [0.1, 0.15) is 5.54 Å². The maximum atomic E-state index is 13.8. The number of nitrogens with one attached hydrogen (secondary N) is 2. The van der Waals surface area contributed by atoms with Crippen molar-refractivity contribution < 1.29 is 9.59 Å². The van der Waals surface area contributed by atoms with Gasteiger partial charge < -0.3 is 10.6 Å². The molecule has 1 saturated carbocycles. The van der Waals surface area contributed by atoms with E-state index in [0.29, 0.717) is 18.4 Å². The van der Waals surface area contributed by atoms with Crippen molar-refractivity contribution in [2.24, 2.45) is 0 Å². The van der Waals surface area contributed by atoms with Crippen molar-refractivity contribution in [2.45, 2.75) is 45.1 Å². The van der Waals surface area contributed by atoms with Gasteiger partial charge in [0.15, 0.2) is 0 Å². The minimum absolute atomic E-state index is 0.151. The van der Waals surface area contributed by atoms with Crippen LogP contribution in [0.15, 0.2) is 78.9 Å². The third-order valence-corrected chi connectivity index (χ3v) is 6.99. The van der Waals surface area contributed by atoms with Crippen LogP contribution >= 0.6 is 0 Å². The van der Waals surface area contributed by atoms with E-state index in [9.17, 15) is 9.59 Å². The highest BCUT2D eigenvalue weighted by molar-refractivity contribution is 6.10. The van der Waals surface area contributed by atoms with E-state index in [0.717, 1.165) is 51.8 Å². The van der Waals surface area contributed by atoms with Crippen molar-refractivity contribution in [1.29, 1.82) is 0 Å². The first-order valence-electron chi connectivity index (χ1n) is 12.1. The predicted octanol–water partition coefficient (Wildman–Crippen LogP) is 6.20. The summed E-state index contributed by atoms with van der Waals surface area (Å²) in [6.45, 7) is 3.97. The second-order valence-electron chi connectivity index (χ2n) is 9.40. The summed E-state index contributed by atoms with van der Waals surface area (Å²) in [5, 5.41) is 7.06. The molecular weight excluding hydrogens is 434 g/mol. The number of aromatic nitrogens is 1. The van der Waals surface area contributed by atoms with E-state index in [-0.39, 0.29) is 11.8 Å². The quantitative estimate of drug-likeness (QED) is 0.370. The first-order chi connectivity index (χ1) is 17.0. The average Bonchev–Trinajstić information content (AvgIpc) is 3.35. The first kappa shape index (κ1) is 22.8. The van der Waals surface area contributed by atoms with Crippen molar-refractivity contribution in [1.82, 2.24) is 10.3 Å². The molecule has 1 fully saturated rings. The highest BCUT2D eigenvalue weighted by Gasteiger charge is 2.43. The highest BCUT2D eigenvalue weighted by Crippen LogP contribution is 2.33. The Morgan fingerprint density at radius 2 is 1.49 bits per heavy atom. The van der Waals surface area contributed by atoms with Gasteiger partial charge in [-0.2, -0.15) is 0 Å². The molecule has 1 aromatic heterocycles. The van der Waals surface area contributed by atoms with Gasteiger partial charge in [0.25, 0.3) is 5.91 Å². The number of aryl methyl sites for hydroxylation is 2. The Kier molecular flexibility index (Phi) is 6.08. The second kappa shape index (κ2) is 9.34. The van der Waals surface area contributed by atoms with Gasteiger partial charge >= 0.3 is 0 Å². The molecule has 0 radical (unpaired) electrons. The summed E-state index contributed by atoms with van der Waals surface area (Å²) in [4.78, 5) is 32.2. The Balaban J connectivity index is 1.51. The third-order valence-electron chi connectivity index (χ3n) is 6.99. The molecule has 5 nitrogen and oxygen atoms in total. The minimum Gasteiger partial charge on any atom is -0.338 e. The van der Waals surface area contributed by atoms with Crippen LogP contribution in [0.1, 0.15) is 47.2 Å². The molecule has 176 valence electrons. The number of carbonyl (C=O) groups is 2. The van der Waals surface area contributed by atoms with Crippen LogP contribution in [0.25, 0.3) is 22.2 Å². The third kappa shape index (κ3) is 4.42. The zero-order valence-corrected chi connectivity index (χ0v) is 20.1. The van der Waals surface area contributed by atoms with E-state index in [1.807, 2.05) is 92.7 Å². The van der Waals surface area contributed by atoms with Gasteiger partial charge in [0, 0.05) is 16.6 Å². The van der Waals surface area contributed by atoms with E-state index in [1.165, 1.54) is 0 Å². The molecule has 5 heteroatoms. The van der Waals surface area contributed by atoms with Crippen molar-refractivity contribution in [3.05, 3.63) is 95.6 Å². The maximum Gasteiger partial charge on any atom is 0.252 e. The van der Waals surface area contributed by atoms with Gasteiger partial charge in [-0.05, 0) is 49.9 Å². The smallest absolute Gasteiger partial charge is 0.252 e. The van der Waals surface area contributed by atoms with Crippen LogP contribution in [0.5, 0.6) is 0 Å². The van der Waals surface area contributed by atoms with Crippen LogP contribution in [0, 0.1) is 13.8 Å². The van der Waals surface area contributed by atoms with Gasteiger partial charge in [-0.3, -0.25) is 9.59 Å². The largest absolute Gasteiger partial charge is 0.338 e. The van der Waals surface area contributed by atoms with Crippen LogP contribution in [-0.4, -0.2) is 22.3 Å². The van der Waals surface area contributed by atoms with Gasteiger partial charge in [0.2, 0.25) is 5.91 Å². The zero-order chi connectivity index (χ0) is 24.4. The van der Waals surface area contributed by atoms with Gasteiger partial charge in [-0.15, -0.1) is 0 Å². The number of anilines is 1. The number of para-hydroxylation sites is 2. The van der Waals surface area contributed by atoms with E-state index >= 15 is 0 Å². The highest BCUT2D eigenvalue weighted by atomic mass is 16.2. The van der Waals surface area contributed by atoms with Gasteiger partial charge in [-0.25, -0.2) is 4.98 Å². The number of pyridine rings is 1. The Morgan fingerprint density at radius 1 is 0.829 bits per heavy atom. The monoisotopic (exact) mass is 463 g/mol. The van der Waals surface area contributed by atoms with Crippen LogP contribution < -0.4 is 10.6 Å². The molecule has 0 atom stereocenters. The number of carbonyl (C=O) groups excluding carboxylic acids is 2. The Labute approximate surface area is 205 Å². The Hall–Kier alpha value is -3.99. The molecule has 2 N–H and O–H groups in total. The Bertz CT molecular complexity index is 1390. The predicted molar refractivity (Wildman–Crippen MR) is 140 cm³/mol. The lowest BCUT2D eigenvalue weighted by Crippen LogP contribution is -2.55. The van der Waals surface area contributed by atoms with Crippen LogP contribution in [0.2, 0.25) is 0 Å². The lowest BCUT2D eigenvalue weighted by Gasteiger charge is -2.30. The second-order valence-corrected chi connectivity index (χ2v) is 9.40. The molecule has 1 heterocycles. The summed E-state index contributed by atoms with van der Waals surface area (Å²) >= 11 is 0. The maximum absolute atomic E-state index is 13.8. The number of nitrogens with zero attached hydrogens (tertiary/aromatic N) is 1. The standard InChI is InChI=1S/C30H29N3O2/c1-20-11-10-12-21(2)27(20)32-29(35)30(17-8-9-18-30)33-28(34)24-19-26(22-13-4-3-5-14-22)31-25-16-7-6-15-23(24)25/h3-7,10-16,19H,8-9,17-18H2,1-2H3,(H,32,35)(H,33,34). The van der Waals surface area contributed by atoms with Crippen LogP contribution in [-0.2, 0) is 4.79 Å². The fraction of sp³-hybridized carbons (Fsp3) is 0.233. The molecule has 1 aliphatic carbocycles. The molecule has 4 aromatic rings. The summed E-state index contributed by atoms with van der Waals surface area (Å²) in [5.74, 6) is -0.401. The number of rotatable bonds is 5. The number of fused-ring (bicyclic) bond motifs is 1. The molecule has 3 aromatic carbocycles. The fourth-order valence-corrected chi connectivity index (χ4v) is 5.04. The summed E-state index contributed by atoms with van der Waals surface area (Å²) in [5.41, 5.74) is 4.84. The topological polar surface area (TPSA) is 71.1 Å². The molecular formula is C30H29N3O2. The normalized spacial score (nSPS) is 14.6. The zero-order valence-electron chi connectivity index (χ0n) is 20.1. The summed E-state index contributed by atoms with van der Waals surface area (Å²) in [7, 11) is 0. The summed E-state index contributed by atoms with van der Waals surface area (Å²) < 4.78 is 0. The van der Waals surface area contributed by atoms with Crippen LogP contribution in [0.3, 0.4) is 0 Å². The van der Waals surface area contributed by atoms with E-state index in [1.54, 1.807) is 0 Å².